The Labute approximate surface area is 141 Å². The van der Waals surface area contributed by atoms with E-state index in [1.54, 1.807) is 12.1 Å². The SMILES string of the molecule is N#Cc1ccc2c(c1)OC(COc1ccc(F)c(C(N)=O)c1F)CO2. The Morgan fingerprint density at radius 1 is 1.32 bits per heavy atom. The number of halogens is 2. The Bertz CT molecular complexity index is 880. The smallest absolute Gasteiger partial charge is 0.254 e. The van der Waals surface area contributed by atoms with Gasteiger partial charge in [-0.2, -0.15) is 5.26 Å². The molecular weight excluding hydrogens is 334 g/mol. The van der Waals surface area contributed by atoms with Crippen LogP contribution in [0.2, 0.25) is 0 Å². The van der Waals surface area contributed by atoms with Crippen molar-refractivity contribution in [2.45, 2.75) is 6.10 Å². The summed E-state index contributed by atoms with van der Waals surface area (Å²) in [4.78, 5) is 11.1. The number of fused-ring (bicyclic) bond motifs is 1. The van der Waals surface area contributed by atoms with Crippen LogP contribution in [0.3, 0.4) is 0 Å². The molecule has 0 spiro atoms. The van der Waals surface area contributed by atoms with Gasteiger partial charge >= 0.3 is 0 Å². The number of carbonyl (C=O) groups excluding carboxylic acids is 1. The first-order valence-corrected chi connectivity index (χ1v) is 7.24. The van der Waals surface area contributed by atoms with E-state index >= 15 is 0 Å². The maximum atomic E-state index is 14.1. The highest BCUT2D eigenvalue weighted by molar-refractivity contribution is 5.93. The Hall–Kier alpha value is -3.34. The monoisotopic (exact) mass is 346 g/mol. The van der Waals surface area contributed by atoms with Gasteiger partial charge in [0.2, 0.25) is 0 Å². The second kappa shape index (κ2) is 6.65. The van der Waals surface area contributed by atoms with Crippen molar-refractivity contribution in [1.29, 1.82) is 5.26 Å². The fourth-order valence-corrected chi connectivity index (χ4v) is 2.32. The predicted molar refractivity (Wildman–Crippen MR) is 81.4 cm³/mol. The van der Waals surface area contributed by atoms with Gasteiger partial charge in [0.1, 0.15) is 24.6 Å². The Balaban J connectivity index is 1.72. The number of hydrogen-bond acceptors (Lipinski definition) is 5. The second-order valence-electron chi connectivity index (χ2n) is 5.23. The number of hydrogen-bond donors (Lipinski definition) is 1. The third-order valence-electron chi connectivity index (χ3n) is 3.52. The molecule has 2 aromatic rings. The normalized spacial score (nSPS) is 15.3. The van der Waals surface area contributed by atoms with Gasteiger partial charge in [-0.25, -0.2) is 8.78 Å². The minimum absolute atomic E-state index is 0.114. The largest absolute Gasteiger partial charge is 0.486 e. The van der Waals surface area contributed by atoms with Crippen molar-refractivity contribution in [3.05, 3.63) is 53.1 Å². The van der Waals surface area contributed by atoms with Crippen LogP contribution in [-0.2, 0) is 0 Å². The lowest BCUT2D eigenvalue weighted by Gasteiger charge is -2.26. The lowest BCUT2D eigenvalue weighted by Crippen LogP contribution is -2.34. The van der Waals surface area contributed by atoms with Gasteiger partial charge in [-0.15, -0.1) is 0 Å². The topological polar surface area (TPSA) is 94.6 Å². The molecule has 0 saturated carbocycles. The number of nitrogens with two attached hydrogens (primary N) is 1. The summed E-state index contributed by atoms with van der Waals surface area (Å²) in [5.74, 6) is -2.93. The Kier molecular flexibility index (Phi) is 4.39. The summed E-state index contributed by atoms with van der Waals surface area (Å²) in [6.45, 7) is 0.0291. The maximum Gasteiger partial charge on any atom is 0.254 e. The summed E-state index contributed by atoms with van der Waals surface area (Å²) in [7, 11) is 0. The number of carbonyl (C=O) groups is 1. The van der Waals surface area contributed by atoms with Gasteiger partial charge in [-0.05, 0) is 24.3 Å². The van der Waals surface area contributed by atoms with Gasteiger partial charge < -0.3 is 19.9 Å². The zero-order valence-corrected chi connectivity index (χ0v) is 12.8. The third kappa shape index (κ3) is 3.30. The summed E-state index contributed by atoms with van der Waals surface area (Å²) in [6, 6.07) is 8.67. The highest BCUT2D eigenvalue weighted by Crippen LogP contribution is 2.32. The van der Waals surface area contributed by atoms with Crippen molar-refractivity contribution < 1.29 is 27.8 Å². The molecule has 1 aliphatic heterocycles. The van der Waals surface area contributed by atoms with Crippen LogP contribution in [0.4, 0.5) is 8.78 Å². The van der Waals surface area contributed by atoms with Gasteiger partial charge in [0, 0.05) is 6.07 Å². The van der Waals surface area contributed by atoms with E-state index in [4.69, 9.17) is 25.2 Å². The maximum absolute atomic E-state index is 14.1. The number of amides is 1. The molecule has 0 radical (unpaired) electrons. The summed E-state index contributed by atoms with van der Waals surface area (Å²) in [5, 5.41) is 8.90. The number of primary amides is 1. The number of nitrogens with zero attached hydrogens (tertiary/aromatic N) is 1. The van der Waals surface area contributed by atoms with E-state index in [-0.39, 0.29) is 19.0 Å². The predicted octanol–water partition coefficient (Wildman–Crippen LogP) is 2.15. The summed E-state index contributed by atoms with van der Waals surface area (Å²) < 4.78 is 44.0. The molecule has 0 saturated heterocycles. The number of ether oxygens (including phenoxy) is 3. The zero-order chi connectivity index (χ0) is 18.0. The van der Waals surface area contributed by atoms with E-state index in [9.17, 15) is 13.6 Å². The molecule has 0 bridgehead atoms. The molecule has 6 nitrogen and oxygen atoms in total. The van der Waals surface area contributed by atoms with Crippen molar-refractivity contribution >= 4 is 5.91 Å². The fourth-order valence-electron chi connectivity index (χ4n) is 2.32. The zero-order valence-electron chi connectivity index (χ0n) is 12.8. The van der Waals surface area contributed by atoms with Crippen molar-refractivity contribution in [1.82, 2.24) is 0 Å². The summed E-state index contributed by atoms with van der Waals surface area (Å²) >= 11 is 0. The molecule has 1 unspecified atom stereocenters. The molecule has 8 heteroatoms. The van der Waals surface area contributed by atoms with Crippen LogP contribution >= 0.6 is 0 Å². The Morgan fingerprint density at radius 2 is 2.12 bits per heavy atom. The average Bonchev–Trinajstić information content (AvgIpc) is 2.60. The molecular formula is C17H12F2N2O4. The van der Waals surface area contributed by atoms with Crippen LogP contribution in [0.1, 0.15) is 15.9 Å². The van der Waals surface area contributed by atoms with Crippen LogP contribution in [-0.4, -0.2) is 25.2 Å². The molecule has 128 valence electrons. The third-order valence-corrected chi connectivity index (χ3v) is 3.52. The van der Waals surface area contributed by atoms with Crippen LogP contribution < -0.4 is 19.9 Å². The molecule has 1 atom stereocenters. The van der Waals surface area contributed by atoms with Gasteiger partial charge in [0.05, 0.1) is 11.6 Å². The summed E-state index contributed by atoms with van der Waals surface area (Å²) in [5.41, 5.74) is 4.50. The highest BCUT2D eigenvalue weighted by atomic mass is 19.1. The molecule has 1 heterocycles. The van der Waals surface area contributed by atoms with Crippen LogP contribution in [0, 0.1) is 23.0 Å². The van der Waals surface area contributed by atoms with E-state index in [0.717, 1.165) is 12.1 Å². The van der Waals surface area contributed by atoms with Crippen LogP contribution in [0.15, 0.2) is 30.3 Å². The minimum Gasteiger partial charge on any atom is -0.486 e. The molecule has 2 aromatic carbocycles. The van der Waals surface area contributed by atoms with Crippen molar-refractivity contribution in [3.63, 3.8) is 0 Å². The first kappa shape index (κ1) is 16.5. The van der Waals surface area contributed by atoms with Crippen molar-refractivity contribution in [3.8, 4) is 23.3 Å². The van der Waals surface area contributed by atoms with E-state index < -0.39 is 29.2 Å². The molecule has 1 amide bonds. The molecule has 0 fully saturated rings. The first-order chi connectivity index (χ1) is 12.0. The summed E-state index contributed by atoms with van der Waals surface area (Å²) in [6.07, 6.45) is -0.581. The second-order valence-corrected chi connectivity index (χ2v) is 5.23. The average molecular weight is 346 g/mol. The van der Waals surface area contributed by atoms with Crippen LogP contribution in [0.5, 0.6) is 17.2 Å². The lowest BCUT2D eigenvalue weighted by atomic mass is 10.1. The van der Waals surface area contributed by atoms with Gasteiger partial charge in [0.15, 0.2) is 29.2 Å². The fraction of sp³-hybridized carbons (Fsp3) is 0.176. The first-order valence-electron chi connectivity index (χ1n) is 7.24. The molecule has 1 aliphatic rings. The molecule has 0 aliphatic carbocycles. The molecule has 25 heavy (non-hydrogen) atoms. The quantitative estimate of drug-likeness (QED) is 0.915. The molecule has 2 N–H and O–H groups in total. The van der Waals surface area contributed by atoms with Gasteiger partial charge in [0.25, 0.3) is 5.91 Å². The van der Waals surface area contributed by atoms with E-state index in [0.29, 0.717) is 17.1 Å². The van der Waals surface area contributed by atoms with E-state index in [1.165, 1.54) is 6.07 Å². The molecule has 3 rings (SSSR count). The van der Waals surface area contributed by atoms with Gasteiger partial charge in [-0.3, -0.25) is 4.79 Å². The van der Waals surface area contributed by atoms with Crippen molar-refractivity contribution in [2.75, 3.05) is 13.2 Å². The van der Waals surface area contributed by atoms with E-state index in [2.05, 4.69) is 0 Å². The molecule has 0 aromatic heterocycles. The standard InChI is InChI=1S/C17H12F2N2O4/c18-11-2-4-13(16(19)15(11)17(21)22)24-8-10-7-23-12-3-1-9(6-20)5-14(12)25-10/h1-5,10H,7-8H2,(H2,21,22). The number of benzene rings is 2. The van der Waals surface area contributed by atoms with Crippen molar-refractivity contribution in [2.24, 2.45) is 5.73 Å². The number of nitriles is 1. The Morgan fingerprint density at radius 3 is 2.84 bits per heavy atom. The van der Waals surface area contributed by atoms with Gasteiger partial charge in [-0.1, -0.05) is 0 Å². The minimum atomic E-state index is -1.23. The van der Waals surface area contributed by atoms with E-state index in [1.807, 2.05) is 6.07 Å². The highest BCUT2D eigenvalue weighted by Gasteiger charge is 2.24. The lowest BCUT2D eigenvalue weighted by molar-refractivity contribution is 0.0522. The number of rotatable bonds is 4. The van der Waals surface area contributed by atoms with Crippen LogP contribution in [0.25, 0.3) is 0 Å².